The van der Waals surface area contributed by atoms with Gasteiger partial charge in [0, 0.05) is 11.8 Å². The summed E-state index contributed by atoms with van der Waals surface area (Å²) in [6, 6.07) is 0.131. The maximum Gasteiger partial charge on any atom is 0.226 e. The van der Waals surface area contributed by atoms with E-state index in [2.05, 4.69) is 27.4 Å². The minimum atomic E-state index is -0.130. The molecule has 2 fully saturated rings. The van der Waals surface area contributed by atoms with E-state index in [1.54, 1.807) is 0 Å². The average Bonchev–Trinajstić information content (AvgIpc) is 2.54. The van der Waals surface area contributed by atoms with E-state index in [0.29, 0.717) is 6.42 Å². The maximum absolute atomic E-state index is 11.7. The van der Waals surface area contributed by atoms with Gasteiger partial charge in [0.2, 0.25) is 5.91 Å². The van der Waals surface area contributed by atoms with E-state index < -0.39 is 0 Å². The second-order valence-corrected chi connectivity index (χ2v) is 5.16. The van der Waals surface area contributed by atoms with Crippen LogP contribution in [0.25, 0.3) is 0 Å². The number of amides is 1. The number of hydrogen-bond acceptors (Lipinski definition) is 2. The van der Waals surface area contributed by atoms with Gasteiger partial charge in [-0.3, -0.25) is 9.69 Å². The largest absolute Gasteiger partial charge is 0.473 e. The first-order valence-corrected chi connectivity index (χ1v) is 5.08. The predicted molar refractivity (Wildman–Crippen MR) is 53.3 cm³/mol. The minimum Gasteiger partial charge on any atom is -0.473 e. The predicted octanol–water partition coefficient (Wildman–Crippen LogP) is 1.89. The highest BCUT2D eigenvalue weighted by molar-refractivity contribution is 5.80. The van der Waals surface area contributed by atoms with E-state index in [1.165, 1.54) is 0 Å². The maximum atomic E-state index is 11.7. The van der Waals surface area contributed by atoms with Gasteiger partial charge < -0.3 is 4.74 Å². The van der Waals surface area contributed by atoms with Gasteiger partial charge in [0.15, 0.2) is 6.23 Å². The van der Waals surface area contributed by atoms with Gasteiger partial charge in [0.1, 0.15) is 5.76 Å². The van der Waals surface area contributed by atoms with Crippen molar-refractivity contribution in [2.24, 2.45) is 5.41 Å². The van der Waals surface area contributed by atoms with Crippen LogP contribution < -0.4 is 0 Å². The molecule has 2 unspecified atom stereocenters. The number of rotatable bonds is 0. The lowest BCUT2D eigenvalue weighted by atomic mass is 9.93. The fourth-order valence-electron chi connectivity index (χ4n) is 2.19. The highest BCUT2D eigenvalue weighted by Crippen LogP contribution is 2.41. The van der Waals surface area contributed by atoms with Gasteiger partial charge in [0.05, 0.1) is 6.04 Å². The summed E-state index contributed by atoms with van der Waals surface area (Å²) in [5, 5.41) is 0. The Bertz CT molecular complexity index is 288. The van der Waals surface area contributed by atoms with Crippen molar-refractivity contribution in [3.8, 4) is 0 Å². The Morgan fingerprint density at radius 3 is 2.71 bits per heavy atom. The fraction of sp³-hybridized carbons (Fsp3) is 0.727. The van der Waals surface area contributed by atoms with Gasteiger partial charge in [-0.1, -0.05) is 27.4 Å². The molecule has 2 aliphatic rings. The Morgan fingerprint density at radius 1 is 1.50 bits per heavy atom. The van der Waals surface area contributed by atoms with Crippen molar-refractivity contribution in [3.63, 3.8) is 0 Å². The van der Waals surface area contributed by atoms with E-state index in [-0.39, 0.29) is 23.6 Å². The SMILES string of the molecule is C=C1OC(C(C)(C)C)N2C(=O)CCC12. The van der Waals surface area contributed by atoms with Crippen molar-refractivity contribution in [2.75, 3.05) is 0 Å². The standard InChI is InChI=1S/C11H17NO2/c1-7-8-5-6-9(13)12(8)10(14-7)11(2,3)4/h8,10H,1,5-6H2,2-4H3. The molecule has 0 aromatic heterocycles. The number of nitrogens with zero attached hydrogens (tertiary/aromatic N) is 1. The molecule has 14 heavy (non-hydrogen) atoms. The summed E-state index contributed by atoms with van der Waals surface area (Å²) in [5.74, 6) is 0.962. The Morgan fingerprint density at radius 2 is 2.14 bits per heavy atom. The molecule has 2 rings (SSSR count). The molecule has 2 atom stereocenters. The first-order valence-electron chi connectivity index (χ1n) is 5.08. The van der Waals surface area contributed by atoms with Crippen molar-refractivity contribution in [1.29, 1.82) is 0 Å². The van der Waals surface area contributed by atoms with Gasteiger partial charge in [-0.25, -0.2) is 0 Å². The molecule has 3 heteroatoms. The number of carbonyl (C=O) groups is 1. The van der Waals surface area contributed by atoms with Gasteiger partial charge in [-0.2, -0.15) is 0 Å². The lowest BCUT2D eigenvalue weighted by molar-refractivity contribution is -0.138. The summed E-state index contributed by atoms with van der Waals surface area (Å²) in [4.78, 5) is 13.5. The molecule has 2 aliphatic heterocycles. The zero-order chi connectivity index (χ0) is 10.5. The smallest absolute Gasteiger partial charge is 0.226 e. The van der Waals surface area contributed by atoms with Crippen LogP contribution in [0.5, 0.6) is 0 Å². The zero-order valence-corrected chi connectivity index (χ0v) is 9.04. The third kappa shape index (κ3) is 1.22. The molecule has 0 radical (unpaired) electrons. The van der Waals surface area contributed by atoms with Crippen LogP contribution in [0, 0.1) is 5.41 Å². The van der Waals surface area contributed by atoms with Crippen LogP contribution in [0.2, 0.25) is 0 Å². The van der Waals surface area contributed by atoms with Gasteiger partial charge in [0.25, 0.3) is 0 Å². The number of fused-ring (bicyclic) bond motifs is 1. The minimum absolute atomic E-state index is 0.0440. The quantitative estimate of drug-likeness (QED) is 0.590. The van der Waals surface area contributed by atoms with Crippen LogP contribution in [0.4, 0.5) is 0 Å². The van der Waals surface area contributed by atoms with Gasteiger partial charge >= 0.3 is 0 Å². The number of hydrogen-bond donors (Lipinski definition) is 0. The van der Waals surface area contributed by atoms with E-state index in [9.17, 15) is 4.79 Å². The number of carbonyl (C=O) groups excluding carboxylic acids is 1. The van der Waals surface area contributed by atoms with Crippen LogP contribution in [0.1, 0.15) is 33.6 Å². The fourth-order valence-corrected chi connectivity index (χ4v) is 2.19. The van der Waals surface area contributed by atoms with Crippen molar-refractivity contribution in [3.05, 3.63) is 12.3 Å². The molecule has 2 saturated heterocycles. The molecule has 0 aromatic rings. The lowest BCUT2D eigenvalue weighted by Crippen LogP contribution is -2.43. The Kier molecular flexibility index (Phi) is 1.88. The molecular formula is C11H17NO2. The summed E-state index contributed by atoms with van der Waals surface area (Å²) < 4.78 is 5.67. The third-order valence-corrected chi connectivity index (χ3v) is 2.88. The topological polar surface area (TPSA) is 29.5 Å². The van der Waals surface area contributed by atoms with Crippen LogP contribution in [0.3, 0.4) is 0 Å². The molecule has 3 nitrogen and oxygen atoms in total. The summed E-state index contributed by atoms with van der Waals surface area (Å²) in [6.45, 7) is 10.1. The lowest BCUT2D eigenvalue weighted by Gasteiger charge is -2.32. The molecule has 0 aromatic carbocycles. The van der Waals surface area contributed by atoms with E-state index >= 15 is 0 Å². The number of ether oxygens (including phenoxy) is 1. The molecule has 1 amide bonds. The first-order chi connectivity index (χ1) is 6.41. The van der Waals surface area contributed by atoms with Crippen molar-refractivity contribution >= 4 is 5.91 Å². The second kappa shape index (κ2) is 2.75. The Hall–Kier alpha value is -0.990. The van der Waals surface area contributed by atoms with Crippen LogP contribution >= 0.6 is 0 Å². The van der Waals surface area contributed by atoms with Crippen molar-refractivity contribution in [2.45, 2.75) is 45.9 Å². The molecule has 0 saturated carbocycles. The Labute approximate surface area is 84.7 Å². The summed E-state index contributed by atoms with van der Waals surface area (Å²) in [6.07, 6.45) is 1.37. The van der Waals surface area contributed by atoms with Gasteiger partial charge in [-0.05, 0) is 6.42 Å². The molecule has 78 valence electrons. The van der Waals surface area contributed by atoms with Gasteiger partial charge in [-0.15, -0.1) is 0 Å². The average molecular weight is 195 g/mol. The molecule has 2 heterocycles. The van der Waals surface area contributed by atoms with E-state index in [1.807, 2.05) is 4.90 Å². The van der Waals surface area contributed by atoms with Crippen LogP contribution in [0.15, 0.2) is 12.3 Å². The van der Waals surface area contributed by atoms with E-state index in [4.69, 9.17) is 4.74 Å². The molecule has 0 bridgehead atoms. The molecule has 0 aliphatic carbocycles. The zero-order valence-electron chi connectivity index (χ0n) is 9.04. The van der Waals surface area contributed by atoms with E-state index in [0.717, 1.165) is 12.2 Å². The van der Waals surface area contributed by atoms with Crippen LogP contribution in [-0.4, -0.2) is 23.1 Å². The molecule has 0 N–H and O–H groups in total. The van der Waals surface area contributed by atoms with Crippen molar-refractivity contribution < 1.29 is 9.53 Å². The second-order valence-electron chi connectivity index (χ2n) is 5.16. The van der Waals surface area contributed by atoms with Crippen LogP contribution in [-0.2, 0) is 9.53 Å². The summed E-state index contributed by atoms with van der Waals surface area (Å²) in [7, 11) is 0. The highest BCUT2D eigenvalue weighted by Gasteiger charge is 2.49. The monoisotopic (exact) mass is 195 g/mol. The highest BCUT2D eigenvalue weighted by atomic mass is 16.5. The summed E-state index contributed by atoms with van der Waals surface area (Å²) in [5.41, 5.74) is -0.0440. The normalized spacial score (nSPS) is 32.1. The first kappa shape index (κ1) is 9.56. The Balaban J connectivity index is 2.29. The molecular weight excluding hydrogens is 178 g/mol. The summed E-state index contributed by atoms with van der Waals surface area (Å²) >= 11 is 0. The van der Waals surface area contributed by atoms with Crippen molar-refractivity contribution in [1.82, 2.24) is 4.90 Å². The molecule has 0 spiro atoms. The third-order valence-electron chi connectivity index (χ3n) is 2.88.